The second kappa shape index (κ2) is 6.76. The summed E-state index contributed by atoms with van der Waals surface area (Å²) in [6, 6.07) is 7.08. The van der Waals surface area contributed by atoms with Gasteiger partial charge in [-0.25, -0.2) is 9.78 Å². The number of rotatable bonds is 4. The van der Waals surface area contributed by atoms with Gasteiger partial charge in [0.25, 0.3) is 0 Å². The minimum atomic E-state index is -0.584. The monoisotopic (exact) mass is 373 g/mol. The van der Waals surface area contributed by atoms with Crippen molar-refractivity contribution in [2.24, 2.45) is 5.92 Å². The van der Waals surface area contributed by atoms with Gasteiger partial charge in [0.15, 0.2) is 0 Å². The first-order chi connectivity index (χ1) is 12.6. The fraction of sp³-hybridized carbons (Fsp3) is 0.421. The van der Waals surface area contributed by atoms with E-state index in [0.29, 0.717) is 24.5 Å². The first kappa shape index (κ1) is 17.1. The Hall–Kier alpha value is -2.34. The number of hydrogen-bond donors (Lipinski definition) is 0. The lowest BCUT2D eigenvalue weighted by atomic mass is 10.0. The molecule has 2 aromatic rings. The third-order valence-electron chi connectivity index (χ3n) is 5.06. The van der Waals surface area contributed by atoms with Crippen LogP contribution in [-0.2, 0) is 33.8 Å². The van der Waals surface area contributed by atoms with E-state index in [9.17, 15) is 9.59 Å². The lowest BCUT2D eigenvalue weighted by Crippen LogP contribution is -2.50. The van der Waals surface area contributed by atoms with Crippen LogP contribution in [0, 0.1) is 5.92 Å². The van der Waals surface area contributed by atoms with E-state index in [2.05, 4.69) is 4.98 Å². The Morgan fingerprint density at radius 2 is 2.00 bits per heavy atom. The highest BCUT2D eigenvalue weighted by molar-refractivity contribution is 6.30. The molecule has 0 spiro atoms. The number of nitrogens with zero attached hydrogens (tertiary/aromatic N) is 3. The molecule has 0 saturated heterocycles. The molecule has 2 aliphatic rings. The third kappa shape index (κ3) is 3.21. The highest BCUT2D eigenvalue weighted by Gasteiger charge is 2.42. The Morgan fingerprint density at radius 1 is 1.27 bits per heavy atom. The van der Waals surface area contributed by atoms with Gasteiger partial charge in [-0.2, -0.15) is 0 Å². The summed E-state index contributed by atoms with van der Waals surface area (Å²) in [5.74, 6) is -0.279. The quantitative estimate of drug-likeness (QED) is 0.772. The zero-order valence-electron chi connectivity index (χ0n) is 14.5. The topological polar surface area (TPSA) is 64.4 Å². The fourth-order valence-electron chi connectivity index (χ4n) is 3.43. The van der Waals surface area contributed by atoms with Gasteiger partial charge in [0, 0.05) is 23.9 Å². The Labute approximate surface area is 156 Å². The zero-order valence-corrected chi connectivity index (χ0v) is 15.3. The zero-order chi connectivity index (χ0) is 18.3. The van der Waals surface area contributed by atoms with Crippen LogP contribution >= 0.6 is 11.6 Å². The van der Waals surface area contributed by atoms with E-state index in [-0.39, 0.29) is 17.8 Å². The molecule has 1 atom stereocenters. The summed E-state index contributed by atoms with van der Waals surface area (Å²) in [5.41, 5.74) is 2.94. The number of methoxy groups -OCH3 is 1. The van der Waals surface area contributed by atoms with Crippen LogP contribution in [0.1, 0.15) is 29.8 Å². The molecule has 1 aromatic carbocycles. The van der Waals surface area contributed by atoms with E-state index in [0.717, 1.165) is 29.8 Å². The van der Waals surface area contributed by atoms with Crippen LogP contribution in [-0.4, -0.2) is 39.5 Å². The summed E-state index contributed by atoms with van der Waals surface area (Å²) in [4.78, 5) is 31.1. The number of carbonyl (C=O) groups is 2. The van der Waals surface area contributed by atoms with Gasteiger partial charge in [0.05, 0.1) is 31.4 Å². The molecule has 1 fully saturated rings. The van der Waals surface area contributed by atoms with Crippen molar-refractivity contribution in [3.63, 3.8) is 0 Å². The van der Waals surface area contributed by atoms with E-state index in [1.165, 1.54) is 7.11 Å². The van der Waals surface area contributed by atoms with Gasteiger partial charge in [-0.3, -0.25) is 4.79 Å². The smallest absolute Gasteiger partial charge is 0.329 e. The van der Waals surface area contributed by atoms with E-state index in [1.54, 1.807) is 11.2 Å². The number of imidazole rings is 1. The largest absolute Gasteiger partial charge is 0.467 e. The number of fused-ring (bicyclic) bond motifs is 1. The molecule has 1 unspecified atom stereocenters. The van der Waals surface area contributed by atoms with Gasteiger partial charge in [0.1, 0.15) is 6.04 Å². The predicted octanol–water partition coefficient (Wildman–Crippen LogP) is 2.42. The third-order valence-corrected chi connectivity index (χ3v) is 5.32. The summed E-state index contributed by atoms with van der Waals surface area (Å²) in [7, 11) is 1.36. The molecule has 1 amide bonds. The SMILES string of the molecule is COC(=O)C1Cc2ncn(Cc3ccc(Cl)cc3)c2CN1C(=O)C1CC1. The van der Waals surface area contributed by atoms with Crippen LogP contribution in [0.15, 0.2) is 30.6 Å². The maximum atomic E-state index is 12.7. The van der Waals surface area contributed by atoms with E-state index in [1.807, 2.05) is 28.8 Å². The lowest BCUT2D eigenvalue weighted by molar-refractivity contribution is -0.154. The molecule has 136 valence electrons. The molecule has 2 heterocycles. The molecule has 26 heavy (non-hydrogen) atoms. The maximum Gasteiger partial charge on any atom is 0.329 e. The predicted molar refractivity (Wildman–Crippen MR) is 95.6 cm³/mol. The normalized spacial score (nSPS) is 19.2. The standard InChI is InChI=1S/C19H20ClN3O3/c1-26-19(25)16-8-15-17(10-23(16)18(24)13-4-5-13)22(11-21-15)9-12-2-6-14(20)7-3-12/h2-3,6-7,11,13,16H,4-5,8-10H2,1H3. The number of hydrogen-bond acceptors (Lipinski definition) is 4. The van der Waals surface area contributed by atoms with Gasteiger partial charge in [-0.05, 0) is 30.5 Å². The molecule has 7 heteroatoms. The molecule has 0 N–H and O–H groups in total. The summed E-state index contributed by atoms with van der Waals surface area (Å²) in [6.07, 6.45) is 3.98. The highest BCUT2D eigenvalue weighted by Crippen LogP contribution is 2.34. The number of carbonyl (C=O) groups excluding carboxylic acids is 2. The average molecular weight is 374 g/mol. The molecule has 1 aliphatic carbocycles. The van der Waals surface area contributed by atoms with Crippen molar-refractivity contribution < 1.29 is 14.3 Å². The molecule has 1 aliphatic heterocycles. The molecular weight excluding hydrogens is 354 g/mol. The average Bonchev–Trinajstić information content (AvgIpc) is 3.44. The minimum Gasteiger partial charge on any atom is -0.467 e. The summed E-state index contributed by atoms with van der Waals surface area (Å²) < 4.78 is 6.96. The van der Waals surface area contributed by atoms with Crippen molar-refractivity contribution in [3.05, 3.63) is 52.6 Å². The second-order valence-electron chi connectivity index (χ2n) is 6.88. The molecular formula is C19H20ClN3O3. The van der Waals surface area contributed by atoms with Gasteiger partial charge in [0.2, 0.25) is 5.91 Å². The van der Waals surface area contributed by atoms with Crippen LogP contribution in [0.2, 0.25) is 5.02 Å². The number of aromatic nitrogens is 2. The van der Waals surface area contributed by atoms with Gasteiger partial charge in [-0.1, -0.05) is 23.7 Å². The molecule has 0 bridgehead atoms. The fourth-order valence-corrected chi connectivity index (χ4v) is 3.56. The van der Waals surface area contributed by atoms with Gasteiger partial charge < -0.3 is 14.2 Å². The summed E-state index contributed by atoms with van der Waals surface area (Å²) in [6.45, 7) is 1.03. The van der Waals surface area contributed by atoms with E-state index >= 15 is 0 Å². The Balaban J connectivity index is 1.61. The Bertz CT molecular complexity index is 842. The Kier molecular flexibility index (Phi) is 4.44. The first-order valence-electron chi connectivity index (χ1n) is 8.72. The van der Waals surface area contributed by atoms with Crippen LogP contribution in [0.3, 0.4) is 0 Å². The van der Waals surface area contributed by atoms with E-state index < -0.39 is 6.04 Å². The highest BCUT2D eigenvalue weighted by atomic mass is 35.5. The van der Waals surface area contributed by atoms with Crippen molar-refractivity contribution in [2.75, 3.05) is 7.11 Å². The number of esters is 1. The molecule has 1 aromatic heterocycles. The van der Waals surface area contributed by atoms with Crippen molar-refractivity contribution in [1.29, 1.82) is 0 Å². The van der Waals surface area contributed by atoms with Crippen molar-refractivity contribution in [1.82, 2.24) is 14.5 Å². The Morgan fingerprint density at radius 3 is 2.65 bits per heavy atom. The first-order valence-corrected chi connectivity index (χ1v) is 9.10. The second-order valence-corrected chi connectivity index (χ2v) is 7.31. The van der Waals surface area contributed by atoms with Crippen LogP contribution in [0.5, 0.6) is 0 Å². The summed E-state index contributed by atoms with van der Waals surface area (Å²) in [5, 5.41) is 0.698. The number of amides is 1. The minimum absolute atomic E-state index is 0.0466. The molecule has 6 nitrogen and oxygen atoms in total. The number of benzene rings is 1. The molecule has 4 rings (SSSR count). The van der Waals surface area contributed by atoms with Crippen LogP contribution < -0.4 is 0 Å². The van der Waals surface area contributed by atoms with Crippen molar-refractivity contribution >= 4 is 23.5 Å². The number of ether oxygens (including phenoxy) is 1. The molecule has 0 radical (unpaired) electrons. The van der Waals surface area contributed by atoms with Crippen molar-refractivity contribution in [3.8, 4) is 0 Å². The summed E-state index contributed by atoms with van der Waals surface area (Å²) >= 11 is 5.95. The van der Waals surface area contributed by atoms with E-state index in [4.69, 9.17) is 16.3 Å². The van der Waals surface area contributed by atoms with Crippen LogP contribution in [0.4, 0.5) is 0 Å². The van der Waals surface area contributed by atoms with Gasteiger partial charge in [-0.15, -0.1) is 0 Å². The van der Waals surface area contributed by atoms with Crippen molar-refractivity contribution in [2.45, 2.75) is 38.4 Å². The van der Waals surface area contributed by atoms with Gasteiger partial charge >= 0.3 is 5.97 Å². The lowest BCUT2D eigenvalue weighted by Gasteiger charge is -2.34. The maximum absolute atomic E-state index is 12.7. The number of halogens is 1. The molecule has 1 saturated carbocycles. The van der Waals surface area contributed by atoms with Crippen LogP contribution in [0.25, 0.3) is 0 Å².